The van der Waals surface area contributed by atoms with E-state index in [1.54, 1.807) is 0 Å². The monoisotopic (exact) mass is 344 g/mol. The van der Waals surface area contributed by atoms with Crippen molar-refractivity contribution in [1.82, 2.24) is 15.2 Å². The van der Waals surface area contributed by atoms with E-state index in [4.69, 9.17) is 0 Å². The number of guanidine groups is 1. The van der Waals surface area contributed by atoms with Crippen molar-refractivity contribution >= 4 is 28.6 Å². The Balaban J connectivity index is 1.50. The van der Waals surface area contributed by atoms with Crippen molar-refractivity contribution in [2.75, 3.05) is 32.4 Å². The lowest BCUT2D eigenvalue weighted by atomic mass is 10.1. The SMILES string of the molecule is CN=C(NCCCc1c[nH]c2ccccc12)N1CCSC(C)(C)C1. The van der Waals surface area contributed by atoms with Crippen molar-refractivity contribution in [3.63, 3.8) is 0 Å². The molecule has 5 heteroatoms. The number of H-pyrrole nitrogens is 1. The Hall–Kier alpha value is -1.62. The molecule has 0 amide bonds. The lowest BCUT2D eigenvalue weighted by Crippen LogP contribution is -2.51. The highest BCUT2D eigenvalue weighted by molar-refractivity contribution is 8.00. The summed E-state index contributed by atoms with van der Waals surface area (Å²) in [5.41, 5.74) is 2.63. The Morgan fingerprint density at radius 3 is 3.00 bits per heavy atom. The number of aromatic amines is 1. The molecule has 1 aromatic carbocycles. The molecule has 1 fully saturated rings. The number of nitrogens with one attached hydrogen (secondary N) is 2. The first-order valence-corrected chi connectivity index (χ1v) is 9.72. The van der Waals surface area contributed by atoms with Crippen LogP contribution in [0.2, 0.25) is 0 Å². The van der Waals surface area contributed by atoms with E-state index in [-0.39, 0.29) is 0 Å². The summed E-state index contributed by atoms with van der Waals surface area (Å²) in [6.45, 7) is 7.72. The van der Waals surface area contributed by atoms with Gasteiger partial charge in [0.1, 0.15) is 0 Å². The van der Waals surface area contributed by atoms with E-state index in [2.05, 4.69) is 76.3 Å². The Morgan fingerprint density at radius 1 is 1.38 bits per heavy atom. The molecule has 4 nitrogen and oxygen atoms in total. The van der Waals surface area contributed by atoms with E-state index in [1.807, 2.05) is 7.05 Å². The molecule has 1 aliphatic rings. The second-order valence-electron chi connectivity index (χ2n) is 6.97. The zero-order valence-electron chi connectivity index (χ0n) is 14.9. The molecule has 0 saturated carbocycles. The number of aliphatic imine (C=N–C) groups is 1. The predicted octanol–water partition coefficient (Wildman–Crippen LogP) is 3.50. The maximum atomic E-state index is 4.48. The number of hydrogen-bond donors (Lipinski definition) is 2. The van der Waals surface area contributed by atoms with E-state index in [0.29, 0.717) is 4.75 Å². The van der Waals surface area contributed by atoms with Crippen LogP contribution in [-0.4, -0.2) is 53.0 Å². The number of benzene rings is 1. The van der Waals surface area contributed by atoms with E-state index in [1.165, 1.54) is 22.2 Å². The van der Waals surface area contributed by atoms with Crippen LogP contribution in [0.1, 0.15) is 25.8 Å². The zero-order valence-corrected chi connectivity index (χ0v) is 15.7. The summed E-state index contributed by atoms with van der Waals surface area (Å²) in [6, 6.07) is 8.51. The molecule has 1 saturated heterocycles. The summed E-state index contributed by atoms with van der Waals surface area (Å²) in [5, 5.41) is 4.89. The third kappa shape index (κ3) is 4.07. The van der Waals surface area contributed by atoms with Gasteiger partial charge >= 0.3 is 0 Å². The molecule has 130 valence electrons. The third-order valence-electron chi connectivity index (χ3n) is 4.52. The van der Waals surface area contributed by atoms with E-state index in [0.717, 1.165) is 38.4 Å². The highest BCUT2D eigenvalue weighted by Crippen LogP contribution is 2.29. The molecule has 0 spiro atoms. The number of aryl methyl sites for hydroxylation is 1. The smallest absolute Gasteiger partial charge is 0.193 e. The first-order chi connectivity index (χ1) is 11.6. The summed E-state index contributed by atoms with van der Waals surface area (Å²) in [5.74, 6) is 2.21. The molecule has 24 heavy (non-hydrogen) atoms. The van der Waals surface area contributed by atoms with Crippen molar-refractivity contribution < 1.29 is 0 Å². The van der Waals surface area contributed by atoms with Gasteiger partial charge in [-0.15, -0.1) is 0 Å². The third-order valence-corrected chi connectivity index (χ3v) is 5.82. The van der Waals surface area contributed by atoms with Gasteiger partial charge in [0.15, 0.2) is 5.96 Å². The van der Waals surface area contributed by atoms with Gasteiger partial charge in [-0.05, 0) is 38.3 Å². The number of hydrogen-bond acceptors (Lipinski definition) is 2. The number of aromatic nitrogens is 1. The number of para-hydroxylation sites is 1. The fourth-order valence-electron chi connectivity index (χ4n) is 3.35. The molecule has 2 N–H and O–H groups in total. The average Bonchev–Trinajstić information content (AvgIpc) is 2.97. The summed E-state index contributed by atoms with van der Waals surface area (Å²) >= 11 is 2.05. The van der Waals surface area contributed by atoms with E-state index < -0.39 is 0 Å². The van der Waals surface area contributed by atoms with Crippen molar-refractivity contribution in [1.29, 1.82) is 0 Å². The molecule has 3 rings (SSSR count). The van der Waals surface area contributed by atoms with Crippen molar-refractivity contribution in [3.05, 3.63) is 36.0 Å². The van der Waals surface area contributed by atoms with Crippen LogP contribution >= 0.6 is 11.8 Å². The fourth-order valence-corrected chi connectivity index (χ4v) is 4.46. The predicted molar refractivity (Wildman–Crippen MR) is 106 cm³/mol. The van der Waals surface area contributed by atoms with Crippen LogP contribution in [0.15, 0.2) is 35.5 Å². The molecule has 1 aromatic heterocycles. The van der Waals surface area contributed by atoms with Crippen LogP contribution < -0.4 is 5.32 Å². The van der Waals surface area contributed by atoms with Crippen LogP contribution in [0.5, 0.6) is 0 Å². The molecule has 2 aromatic rings. The molecule has 2 heterocycles. The lowest BCUT2D eigenvalue weighted by molar-refractivity contribution is 0.376. The zero-order chi connectivity index (χ0) is 17.0. The van der Waals surface area contributed by atoms with Gasteiger partial charge < -0.3 is 15.2 Å². The van der Waals surface area contributed by atoms with Gasteiger partial charge in [-0.3, -0.25) is 4.99 Å². The maximum Gasteiger partial charge on any atom is 0.193 e. The molecule has 1 aliphatic heterocycles. The Labute approximate surface area is 149 Å². The summed E-state index contributed by atoms with van der Waals surface area (Å²) in [4.78, 5) is 10.2. The first kappa shape index (κ1) is 17.2. The second-order valence-corrected chi connectivity index (χ2v) is 8.77. The van der Waals surface area contributed by atoms with Crippen LogP contribution in [0.25, 0.3) is 10.9 Å². The molecule has 0 radical (unpaired) electrons. The maximum absolute atomic E-state index is 4.48. The molecule has 0 bridgehead atoms. The minimum absolute atomic E-state index is 0.305. The van der Waals surface area contributed by atoms with Gasteiger partial charge in [-0.25, -0.2) is 0 Å². The molecule has 0 aliphatic carbocycles. The molecule has 0 unspecified atom stereocenters. The highest BCUT2D eigenvalue weighted by atomic mass is 32.2. The Bertz CT molecular complexity index is 704. The standard InChI is InChI=1S/C19H28N4S/c1-19(2)14-23(11-12-24-19)18(20-3)21-10-6-7-15-13-22-17-9-5-4-8-16(15)17/h4-5,8-9,13,22H,6-7,10-12,14H2,1-3H3,(H,20,21). The van der Waals surface area contributed by atoms with Gasteiger partial charge in [0.2, 0.25) is 0 Å². The summed E-state index contributed by atoms with van der Waals surface area (Å²) < 4.78 is 0.305. The molecule has 0 atom stereocenters. The van der Waals surface area contributed by atoms with Gasteiger partial charge in [0.05, 0.1) is 0 Å². The minimum atomic E-state index is 0.305. The first-order valence-electron chi connectivity index (χ1n) is 8.74. The average molecular weight is 345 g/mol. The van der Waals surface area contributed by atoms with Gasteiger partial charge in [-0.2, -0.15) is 11.8 Å². The van der Waals surface area contributed by atoms with Crippen molar-refractivity contribution in [3.8, 4) is 0 Å². The number of thioether (sulfide) groups is 1. The largest absolute Gasteiger partial charge is 0.361 e. The Morgan fingerprint density at radius 2 is 2.21 bits per heavy atom. The number of rotatable bonds is 4. The van der Waals surface area contributed by atoms with Gasteiger partial charge in [-0.1, -0.05) is 18.2 Å². The minimum Gasteiger partial charge on any atom is -0.361 e. The molecular weight excluding hydrogens is 316 g/mol. The van der Waals surface area contributed by atoms with Crippen LogP contribution in [-0.2, 0) is 6.42 Å². The highest BCUT2D eigenvalue weighted by Gasteiger charge is 2.28. The molecular formula is C19H28N4S. The second kappa shape index (κ2) is 7.51. The Kier molecular flexibility index (Phi) is 5.39. The van der Waals surface area contributed by atoms with Gasteiger partial charge in [0.25, 0.3) is 0 Å². The lowest BCUT2D eigenvalue weighted by Gasteiger charge is -2.39. The van der Waals surface area contributed by atoms with Gasteiger partial charge in [0, 0.05) is 54.3 Å². The van der Waals surface area contributed by atoms with Crippen molar-refractivity contribution in [2.45, 2.75) is 31.4 Å². The summed E-state index contributed by atoms with van der Waals surface area (Å²) in [6.07, 6.45) is 4.33. The quantitative estimate of drug-likeness (QED) is 0.507. The van der Waals surface area contributed by atoms with Crippen LogP contribution in [0.4, 0.5) is 0 Å². The van der Waals surface area contributed by atoms with Crippen LogP contribution in [0, 0.1) is 0 Å². The normalized spacial score (nSPS) is 18.1. The van der Waals surface area contributed by atoms with Crippen LogP contribution in [0.3, 0.4) is 0 Å². The van der Waals surface area contributed by atoms with E-state index >= 15 is 0 Å². The number of fused-ring (bicyclic) bond motifs is 1. The van der Waals surface area contributed by atoms with E-state index in [9.17, 15) is 0 Å². The topological polar surface area (TPSA) is 43.4 Å². The fraction of sp³-hybridized carbons (Fsp3) is 0.526. The van der Waals surface area contributed by atoms with Crippen molar-refractivity contribution in [2.24, 2.45) is 4.99 Å². The summed E-state index contributed by atoms with van der Waals surface area (Å²) in [7, 11) is 1.89. The number of nitrogens with zero attached hydrogens (tertiary/aromatic N) is 2.